The number of fused-ring (bicyclic) bond motifs is 2. The molecule has 0 saturated carbocycles. The van der Waals surface area contributed by atoms with E-state index in [0.29, 0.717) is 49.8 Å². The van der Waals surface area contributed by atoms with E-state index in [1.165, 1.54) is 0 Å². The van der Waals surface area contributed by atoms with Gasteiger partial charge in [0.05, 0.1) is 6.61 Å². The SMILES string of the molecule is CC(C)CCOc1ccc2ccccc2c1-c1c(OCC(=O)N[C@H](CCCCN)C(=O)N[C@H](CCN)C(=O)N[C@@H](CC(C)C)C(=O)OCc2ccccc2)ccc2ccccc12.Cl.Cl. The van der Waals surface area contributed by atoms with Crippen molar-refractivity contribution in [3.05, 3.63) is 109 Å². The number of carbonyl (C=O) groups is 4. The van der Waals surface area contributed by atoms with Gasteiger partial charge < -0.3 is 41.6 Å². The van der Waals surface area contributed by atoms with Crippen LogP contribution in [0.2, 0.25) is 0 Å². The van der Waals surface area contributed by atoms with Gasteiger partial charge in [0.2, 0.25) is 11.8 Å². The quantitative estimate of drug-likeness (QED) is 0.0302. The van der Waals surface area contributed by atoms with E-state index < -0.39 is 48.4 Å². The van der Waals surface area contributed by atoms with Crippen LogP contribution in [-0.2, 0) is 30.5 Å². The van der Waals surface area contributed by atoms with Crippen LogP contribution in [0.25, 0.3) is 32.7 Å². The topological polar surface area (TPSA) is 184 Å². The van der Waals surface area contributed by atoms with Crippen LogP contribution < -0.4 is 36.9 Å². The summed E-state index contributed by atoms with van der Waals surface area (Å²) < 4.78 is 18.4. The molecule has 5 aromatic carbocycles. The molecule has 0 saturated heterocycles. The molecule has 14 heteroatoms. The Morgan fingerprint density at radius 1 is 0.562 bits per heavy atom. The van der Waals surface area contributed by atoms with E-state index in [4.69, 9.17) is 25.7 Å². The molecule has 3 amide bonds. The molecule has 5 rings (SSSR count). The maximum Gasteiger partial charge on any atom is 0.328 e. The molecule has 5 aromatic rings. The second-order valence-corrected chi connectivity index (χ2v) is 16.5. The highest BCUT2D eigenvalue weighted by Gasteiger charge is 2.31. The molecular formula is C50H65Cl2N5O7. The summed E-state index contributed by atoms with van der Waals surface area (Å²) in [4.78, 5) is 54.6. The van der Waals surface area contributed by atoms with Gasteiger partial charge in [-0.1, -0.05) is 119 Å². The number of ether oxygens (including phenoxy) is 3. The predicted molar refractivity (Wildman–Crippen MR) is 260 cm³/mol. The number of carbonyl (C=O) groups excluding carboxylic acids is 4. The molecular weight excluding hydrogens is 853 g/mol. The Morgan fingerprint density at radius 3 is 1.67 bits per heavy atom. The first-order valence-electron chi connectivity index (χ1n) is 21.8. The van der Waals surface area contributed by atoms with Crippen molar-refractivity contribution in [1.82, 2.24) is 16.0 Å². The Hall–Kier alpha value is -5.40. The Kier molecular flexibility index (Phi) is 22.4. The summed E-state index contributed by atoms with van der Waals surface area (Å²) >= 11 is 0. The maximum absolute atomic E-state index is 13.9. The fraction of sp³-hybridized carbons (Fsp3) is 0.400. The zero-order chi connectivity index (χ0) is 44.4. The summed E-state index contributed by atoms with van der Waals surface area (Å²) in [5, 5.41) is 12.4. The molecule has 0 unspecified atom stereocenters. The average Bonchev–Trinajstić information content (AvgIpc) is 3.26. The van der Waals surface area contributed by atoms with E-state index in [1.54, 1.807) is 0 Å². The number of hydrogen-bond donors (Lipinski definition) is 5. The number of benzene rings is 5. The van der Waals surface area contributed by atoms with E-state index in [9.17, 15) is 19.2 Å². The summed E-state index contributed by atoms with van der Waals surface area (Å²) in [7, 11) is 0. The van der Waals surface area contributed by atoms with E-state index >= 15 is 0 Å². The molecule has 64 heavy (non-hydrogen) atoms. The van der Waals surface area contributed by atoms with E-state index in [2.05, 4.69) is 41.9 Å². The van der Waals surface area contributed by atoms with E-state index in [1.807, 2.05) is 105 Å². The lowest BCUT2D eigenvalue weighted by Crippen LogP contribution is -2.56. The first-order valence-corrected chi connectivity index (χ1v) is 21.8. The van der Waals surface area contributed by atoms with Gasteiger partial charge in [0, 0.05) is 11.1 Å². The van der Waals surface area contributed by atoms with Gasteiger partial charge in [0.15, 0.2) is 6.61 Å². The molecule has 346 valence electrons. The van der Waals surface area contributed by atoms with E-state index in [0.717, 1.165) is 44.7 Å². The normalized spacial score (nSPS) is 12.4. The highest BCUT2D eigenvalue weighted by molar-refractivity contribution is 6.10. The van der Waals surface area contributed by atoms with Crippen LogP contribution in [-0.4, -0.2) is 68.1 Å². The summed E-state index contributed by atoms with van der Waals surface area (Å²) in [6.07, 6.45) is 2.74. The average molecular weight is 919 g/mol. The number of rotatable bonds is 24. The largest absolute Gasteiger partial charge is 0.493 e. The molecule has 0 fully saturated rings. The van der Waals surface area contributed by atoms with Gasteiger partial charge in [-0.25, -0.2) is 4.79 Å². The van der Waals surface area contributed by atoms with Crippen molar-refractivity contribution in [2.75, 3.05) is 26.3 Å². The van der Waals surface area contributed by atoms with Crippen molar-refractivity contribution >= 4 is 70.0 Å². The van der Waals surface area contributed by atoms with Crippen LogP contribution in [0, 0.1) is 11.8 Å². The molecule has 0 heterocycles. The van der Waals surface area contributed by atoms with Crippen molar-refractivity contribution in [1.29, 1.82) is 0 Å². The Bertz CT molecular complexity index is 2260. The summed E-state index contributed by atoms with van der Waals surface area (Å²) in [6.45, 7) is 8.88. The lowest BCUT2D eigenvalue weighted by atomic mass is 9.92. The van der Waals surface area contributed by atoms with Crippen molar-refractivity contribution in [3.8, 4) is 22.6 Å². The third kappa shape index (κ3) is 15.4. The van der Waals surface area contributed by atoms with Gasteiger partial charge in [0.25, 0.3) is 5.91 Å². The highest BCUT2D eigenvalue weighted by Crippen LogP contribution is 2.45. The van der Waals surface area contributed by atoms with Crippen molar-refractivity contribution in [3.63, 3.8) is 0 Å². The molecule has 0 aliphatic carbocycles. The fourth-order valence-corrected chi connectivity index (χ4v) is 7.30. The predicted octanol–water partition coefficient (Wildman–Crippen LogP) is 8.03. The lowest BCUT2D eigenvalue weighted by Gasteiger charge is -2.25. The molecule has 0 spiro atoms. The molecule has 3 atom stereocenters. The van der Waals surface area contributed by atoms with Gasteiger partial charge in [0.1, 0.15) is 36.2 Å². The summed E-state index contributed by atoms with van der Waals surface area (Å²) in [6, 6.07) is 30.2. The minimum Gasteiger partial charge on any atom is -0.493 e. The molecule has 0 radical (unpaired) electrons. The van der Waals surface area contributed by atoms with Crippen LogP contribution in [0.4, 0.5) is 0 Å². The number of nitrogens with one attached hydrogen (secondary N) is 3. The maximum atomic E-state index is 13.9. The third-order valence-electron chi connectivity index (χ3n) is 10.6. The second-order valence-electron chi connectivity index (χ2n) is 16.5. The van der Waals surface area contributed by atoms with Crippen molar-refractivity contribution < 1.29 is 33.4 Å². The minimum atomic E-state index is -1.08. The first kappa shape index (κ1) is 52.9. The Balaban J connectivity index is 0.00000544. The van der Waals surface area contributed by atoms with Crippen LogP contribution >= 0.6 is 24.8 Å². The standard InChI is InChI=1S/C50H63N5O7.2ClH/c1-33(2)26-29-60-43-23-21-36-16-8-10-18-38(36)46(43)47-39-19-11-9-17-37(39)22-24-44(47)61-32-45(56)53-40(20-12-13-27-51)48(57)54-41(25-28-52)49(58)55-42(30-34(3)4)50(59)62-31-35-14-6-5-7-15-35;;/h5-11,14-19,21-24,33-34,40-42H,12-13,20,25-32,51-52H2,1-4H3,(H,53,56)(H,54,57)(H,55,58);2*1H/t40-,41-,42+;;/m1../s1. The second kappa shape index (κ2) is 27.0. The number of hydrogen-bond acceptors (Lipinski definition) is 9. The van der Waals surface area contributed by atoms with Crippen LogP contribution in [0.1, 0.15) is 71.8 Å². The molecule has 7 N–H and O–H groups in total. The number of nitrogens with two attached hydrogens (primary N) is 2. The number of amides is 3. The zero-order valence-electron chi connectivity index (χ0n) is 37.3. The monoisotopic (exact) mass is 917 g/mol. The lowest BCUT2D eigenvalue weighted by molar-refractivity contribution is -0.150. The van der Waals surface area contributed by atoms with Crippen molar-refractivity contribution in [2.24, 2.45) is 23.3 Å². The van der Waals surface area contributed by atoms with Gasteiger partial charge in [-0.15, -0.1) is 24.8 Å². The first-order chi connectivity index (χ1) is 30.0. The van der Waals surface area contributed by atoms with Gasteiger partial charge in [-0.3, -0.25) is 14.4 Å². The number of halogens is 2. The smallest absolute Gasteiger partial charge is 0.328 e. The third-order valence-corrected chi connectivity index (χ3v) is 10.6. The van der Waals surface area contributed by atoms with Gasteiger partial charge in [-0.05, 0) is 103 Å². The molecule has 0 aliphatic rings. The highest BCUT2D eigenvalue weighted by atomic mass is 35.5. The molecule has 0 aromatic heterocycles. The number of unbranched alkanes of at least 4 members (excludes halogenated alkanes) is 1. The van der Waals surface area contributed by atoms with Crippen LogP contribution in [0.5, 0.6) is 11.5 Å². The summed E-state index contributed by atoms with van der Waals surface area (Å²) in [5.41, 5.74) is 14.2. The Labute approximate surface area is 389 Å². The number of esters is 1. The van der Waals surface area contributed by atoms with Crippen LogP contribution in [0.3, 0.4) is 0 Å². The van der Waals surface area contributed by atoms with Crippen molar-refractivity contribution in [2.45, 2.75) is 91.0 Å². The fourth-order valence-electron chi connectivity index (χ4n) is 7.30. The molecule has 0 aliphatic heterocycles. The zero-order valence-corrected chi connectivity index (χ0v) is 38.9. The van der Waals surface area contributed by atoms with Crippen LogP contribution in [0.15, 0.2) is 103 Å². The van der Waals surface area contributed by atoms with Gasteiger partial charge >= 0.3 is 5.97 Å². The van der Waals surface area contributed by atoms with E-state index in [-0.39, 0.29) is 56.7 Å². The van der Waals surface area contributed by atoms with Gasteiger partial charge in [-0.2, -0.15) is 0 Å². The minimum absolute atomic E-state index is 0. The molecule has 0 bridgehead atoms. The Morgan fingerprint density at radius 2 is 1.11 bits per heavy atom. The summed E-state index contributed by atoms with van der Waals surface area (Å²) in [5.74, 6) is -0.547. The molecule has 12 nitrogen and oxygen atoms in total.